The van der Waals surface area contributed by atoms with Crippen LogP contribution in [0, 0.1) is 5.82 Å². The highest BCUT2D eigenvalue weighted by Gasteiger charge is 2.17. The van der Waals surface area contributed by atoms with Crippen molar-refractivity contribution < 1.29 is 13.9 Å². The average molecular weight is 252 g/mol. The molecule has 1 amide bonds. The number of carbonyl (C=O) groups excluding carboxylic acids is 1. The molecule has 4 nitrogen and oxygen atoms in total. The number of piperidine rings is 1. The molecule has 1 aromatic carbocycles. The molecule has 0 radical (unpaired) electrons. The van der Waals surface area contributed by atoms with Crippen molar-refractivity contribution >= 4 is 5.91 Å². The van der Waals surface area contributed by atoms with Crippen LogP contribution in [0.2, 0.25) is 0 Å². The molecule has 0 aliphatic carbocycles. The second-order valence-electron chi connectivity index (χ2n) is 4.37. The molecule has 1 saturated heterocycles. The molecule has 1 aromatic rings. The van der Waals surface area contributed by atoms with E-state index in [2.05, 4.69) is 10.6 Å². The highest BCUT2D eigenvalue weighted by atomic mass is 19.1. The Labute approximate surface area is 106 Å². The number of amides is 1. The molecular formula is C13H17FN2O2. The van der Waals surface area contributed by atoms with Crippen LogP contribution < -0.4 is 15.4 Å². The van der Waals surface area contributed by atoms with Gasteiger partial charge in [0, 0.05) is 18.2 Å². The molecule has 98 valence electrons. The Kier molecular flexibility index (Phi) is 4.15. The second kappa shape index (κ2) is 5.82. The summed E-state index contributed by atoms with van der Waals surface area (Å²) >= 11 is 0. The molecule has 1 atom stereocenters. The molecule has 2 N–H and O–H groups in total. The zero-order valence-corrected chi connectivity index (χ0v) is 10.3. The lowest BCUT2D eigenvalue weighted by Gasteiger charge is -2.23. The molecule has 0 unspecified atom stereocenters. The van der Waals surface area contributed by atoms with Crippen LogP contribution in [0.15, 0.2) is 18.2 Å². The third-order valence-electron chi connectivity index (χ3n) is 3.05. The molecule has 1 aliphatic rings. The maximum atomic E-state index is 13.2. The first-order valence-electron chi connectivity index (χ1n) is 6.06. The van der Waals surface area contributed by atoms with Gasteiger partial charge in [-0.2, -0.15) is 0 Å². The number of carbonyl (C=O) groups is 1. The van der Waals surface area contributed by atoms with Gasteiger partial charge in [0.25, 0.3) is 5.91 Å². The van der Waals surface area contributed by atoms with Crippen molar-refractivity contribution in [2.45, 2.75) is 18.9 Å². The molecule has 0 spiro atoms. The second-order valence-corrected chi connectivity index (χ2v) is 4.37. The van der Waals surface area contributed by atoms with E-state index in [1.54, 1.807) is 0 Å². The largest absolute Gasteiger partial charge is 0.494 e. The van der Waals surface area contributed by atoms with Crippen molar-refractivity contribution in [3.05, 3.63) is 29.6 Å². The number of hydrogen-bond acceptors (Lipinski definition) is 3. The van der Waals surface area contributed by atoms with Crippen molar-refractivity contribution in [3.8, 4) is 5.75 Å². The van der Waals surface area contributed by atoms with Crippen molar-refractivity contribution in [2.24, 2.45) is 0 Å². The van der Waals surface area contributed by atoms with E-state index in [0.29, 0.717) is 5.56 Å². The summed E-state index contributed by atoms with van der Waals surface area (Å²) in [5.74, 6) is -0.570. The number of nitrogens with one attached hydrogen (secondary N) is 2. The van der Waals surface area contributed by atoms with Crippen LogP contribution in [-0.2, 0) is 0 Å². The van der Waals surface area contributed by atoms with Gasteiger partial charge in [-0.15, -0.1) is 0 Å². The van der Waals surface area contributed by atoms with Crippen LogP contribution in [0.3, 0.4) is 0 Å². The normalized spacial score (nSPS) is 19.3. The predicted octanol–water partition coefficient (Wildman–Crippen LogP) is 1.32. The Morgan fingerprint density at radius 2 is 2.39 bits per heavy atom. The van der Waals surface area contributed by atoms with Crippen LogP contribution in [-0.4, -0.2) is 32.1 Å². The fraction of sp³-hybridized carbons (Fsp3) is 0.462. The summed E-state index contributed by atoms with van der Waals surface area (Å²) in [6.45, 7) is 1.78. The van der Waals surface area contributed by atoms with Crippen molar-refractivity contribution in [1.29, 1.82) is 0 Å². The van der Waals surface area contributed by atoms with Crippen LogP contribution in [0.1, 0.15) is 23.2 Å². The van der Waals surface area contributed by atoms with Gasteiger partial charge in [-0.1, -0.05) is 0 Å². The van der Waals surface area contributed by atoms with E-state index in [0.717, 1.165) is 25.9 Å². The number of methoxy groups -OCH3 is 1. The van der Waals surface area contributed by atoms with Gasteiger partial charge in [0.1, 0.15) is 0 Å². The third-order valence-corrected chi connectivity index (χ3v) is 3.05. The number of hydrogen-bond donors (Lipinski definition) is 2. The monoisotopic (exact) mass is 252 g/mol. The predicted molar refractivity (Wildman–Crippen MR) is 66.3 cm³/mol. The molecule has 2 rings (SSSR count). The Hall–Kier alpha value is -1.62. The van der Waals surface area contributed by atoms with E-state index in [1.807, 2.05) is 0 Å². The smallest absolute Gasteiger partial charge is 0.251 e. The molecule has 0 aromatic heterocycles. The third kappa shape index (κ3) is 2.98. The van der Waals surface area contributed by atoms with Gasteiger partial charge in [0.05, 0.1) is 7.11 Å². The van der Waals surface area contributed by atoms with Crippen LogP contribution >= 0.6 is 0 Å². The maximum Gasteiger partial charge on any atom is 0.251 e. The van der Waals surface area contributed by atoms with Gasteiger partial charge in [0.15, 0.2) is 11.6 Å². The van der Waals surface area contributed by atoms with Gasteiger partial charge in [0.2, 0.25) is 0 Å². The Morgan fingerprint density at radius 3 is 3.06 bits per heavy atom. The number of rotatable bonds is 3. The van der Waals surface area contributed by atoms with E-state index >= 15 is 0 Å². The molecule has 0 saturated carbocycles. The number of benzene rings is 1. The minimum absolute atomic E-state index is 0.0874. The molecule has 0 bridgehead atoms. The summed E-state index contributed by atoms with van der Waals surface area (Å²) in [5.41, 5.74) is 0.416. The average Bonchev–Trinajstić information content (AvgIpc) is 2.40. The minimum Gasteiger partial charge on any atom is -0.494 e. The Balaban J connectivity index is 2.03. The van der Waals surface area contributed by atoms with Gasteiger partial charge in [-0.3, -0.25) is 4.79 Å². The van der Waals surface area contributed by atoms with Crippen LogP contribution in [0.25, 0.3) is 0 Å². The van der Waals surface area contributed by atoms with E-state index in [9.17, 15) is 9.18 Å². The quantitative estimate of drug-likeness (QED) is 0.853. The first-order chi connectivity index (χ1) is 8.70. The maximum absolute atomic E-state index is 13.2. The molecule has 1 fully saturated rings. The van der Waals surface area contributed by atoms with Crippen LogP contribution in [0.5, 0.6) is 5.75 Å². The van der Waals surface area contributed by atoms with Crippen molar-refractivity contribution in [1.82, 2.24) is 10.6 Å². The van der Waals surface area contributed by atoms with E-state index in [4.69, 9.17) is 4.74 Å². The van der Waals surface area contributed by atoms with E-state index < -0.39 is 5.82 Å². The van der Waals surface area contributed by atoms with Crippen molar-refractivity contribution in [2.75, 3.05) is 20.2 Å². The Morgan fingerprint density at radius 1 is 1.56 bits per heavy atom. The first kappa shape index (κ1) is 12.8. The lowest BCUT2D eigenvalue weighted by atomic mass is 10.1. The molecule has 18 heavy (non-hydrogen) atoms. The summed E-state index contributed by atoms with van der Waals surface area (Å²) in [6, 6.07) is 4.26. The summed E-state index contributed by atoms with van der Waals surface area (Å²) in [7, 11) is 1.38. The highest BCUT2D eigenvalue weighted by molar-refractivity contribution is 5.94. The lowest BCUT2D eigenvalue weighted by molar-refractivity contribution is 0.0930. The first-order valence-corrected chi connectivity index (χ1v) is 6.06. The lowest BCUT2D eigenvalue weighted by Crippen LogP contribution is -2.45. The summed E-state index contributed by atoms with van der Waals surface area (Å²) in [6.07, 6.45) is 2.02. The topological polar surface area (TPSA) is 50.4 Å². The fourth-order valence-electron chi connectivity index (χ4n) is 2.04. The van der Waals surface area contributed by atoms with Crippen molar-refractivity contribution in [3.63, 3.8) is 0 Å². The zero-order valence-electron chi connectivity index (χ0n) is 10.3. The molecule has 5 heteroatoms. The molecule has 1 aliphatic heterocycles. The summed E-state index contributed by atoms with van der Waals surface area (Å²) in [5, 5.41) is 6.15. The minimum atomic E-state index is -0.464. The fourth-order valence-corrected chi connectivity index (χ4v) is 2.04. The summed E-state index contributed by atoms with van der Waals surface area (Å²) in [4.78, 5) is 12.0. The van der Waals surface area contributed by atoms with Gasteiger partial charge >= 0.3 is 0 Å². The van der Waals surface area contributed by atoms with E-state index in [1.165, 1.54) is 25.3 Å². The summed E-state index contributed by atoms with van der Waals surface area (Å²) < 4.78 is 18.1. The standard InChI is InChI=1S/C13H17FN2O2/c1-18-12-7-9(4-5-11(12)14)13(17)16-10-3-2-6-15-8-10/h4-5,7,10,15H,2-3,6,8H2,1H3,(H,16,17)/t10-/m1/s1. The zero-order chi connectivity index (χ0) is 13.0. The van der Waals surface area contributed by atoms with E-state index in [-0.39, 0.29) is 17.7 Å². The number of halogens is 1. The Bertz CT molecular complexity index is 431. The highest BCUT2D eigenvalue weighted by Crippen LogP contribution is 2.18. The van der Waals surface area contributed by atoms with Crippen LogP contribution in [0.4, 0.5) is 4.39 Å². The molecule has 1 heterocycles. The van der Waals surface area contributed by atoms with Gasteiger partial charge < -0.3 is 15.4 Å². The van der Waals surface area contributed by atoms with Gasteiger partial charge in [-0.05, 0) is 37.6 Å². The SMILES string of the molecule is COc1cc(C(=O)N[C@@H]2CCCNC2)ccc1F. The van der Waals surface area contributed by atoms with Gasteiger partial charge in [-0.25, -0.2) is 4.39 Å². The molecular weight excluding hydrogens is 235 g/mol. The number of ether oxygens (including phenoxy) is 1.